The standard InChI is InChI=1S/C22H20N2S.ClH/c1-4-10-17(11-5-1)16-25-22-23-20(18-12-6-2-7-13-18)21(24-22)19-14-8-3-9-15-19;/h1-15,20-21H,16H2,(H,23,24);1H/t20-,21+;. The zero-order valence-electron chi connectivity index (χ0n) is 14.3. The van der Waals surface area contributed by atoms with Gasteiger partial charge in [-0.1, -0.05) is 103 Å². The maximum absolute atomic E-state index is 5.00. The van der Waals surface area contributed by atoms with Crippen molar-refractivity contribution in [3.05, 3.63) is 108 Å². The number of amidine groups is 1. The molecule has 0 radical (unpaired) electrons. The first-order valence-electron chi connectivity index (χ1n) is 8.51. The van der Waals surface area contributed by atoms with E-state index < -0.39 is 0 Å². The Balaban J connectivity index is 0.00000196. The molecule has 1 heterocycles. The number of nitrogens with zero attached hydrogens (tertiary/aromatic N) is 1. The Hall–Kier alpha value is -2.23. The molecule has 4 heteroatoms. The van der Waals surface area contributed by atoms with Crippen molar-refractivity contribution in [2.75, 3.05) is 0 Å². The minimum Gasteiger partial charge on any atom is -0.356 e. The van der Waals surface area contributed by atoms with Crippen LogP contribution in [0.1, 0.15) is 28.8 Å². The zero-order valence-corrected chi connectivity index (χ0v) is 15.9. The summed E-state index contributed by atoms with van der Waals surface area (Å²) >= 11 is 1.77. The predicted molar refractivity (Wildman–Crippen MR) is 114 cm³/mol. The first-order chi connectivity index (χ1) is 12.4. The molecule has 0 spiro atoms. The Labute approximate surface area is 165 Å². The largest absolute Gasteiger partial charge is 0.356 e. The number of rotatable bonds is 4. The van der Waals surface area contributed by atoms with Crippen LogP contribution >= 0.6 is 24.2 Å². The van der Waals surface area contributed by atoms with Crippen LogP contribution in [0.5, 0.6) is 0 Å². The van der Waals surface area contributed by atoms with Crippen LogP contribution < -0.4 is 5.32 Å². The van der Waals surface area contributed by atoms with Crippen molar-refractivity contribution >= 4 is 29.3 Å². The first kappa shape index (κ1) is 18.6. The average molecular weight is 381 g/mol. The quantitative estimate of drug-likeness (QED) is 0.620. The van der Waals surface area contributed by atoms with Gasteiger partial charge in [-0.25, -0.2) is 0 Å². The second-order valence-electron chi connectivity index (χ2n) is 6.10. The topological polar surface area (TPSA) is 24.4 Å². The van der Waals surface area contributed by atoms with Crippen molar-refractivity contribution in [3.63, 3.8) is 0 Å². The Morgan fingerprint density at radius 1 is 0.731 bits per heavy atom. The van der Waals surface area contributed by atoms with Crippen LogP contribution in [0.4, 0.5) is 0 Å². The van der Waals surface area contributed by atoms with Crippen molar-refractivity contribution in [2.45, 2.75) is 17.8 Å². The van der Waals surface area contributed by atoms with Gasteiger partial charge in [0.15, 0.2) is 5.17 Å². The molecule has 0 unspecified atom stereocenters. The van der Waals surface area contributed by atoms with Crippen molar-refractivity contribution in [3.8, 4) is 0 Å². The van der Waals surface area contributed by atoms with Gasteiger partial charge in [-0.15, -0.1) is 12.4 Å². The van der Waals surface area contributed by atoms with Gasteiger partial charge >= 0.3 is 0 Å². The monoisotopic (exact) mass is 380 g/mol. The molecule has 0 aromatic heterocycles. The molecule has 1 aliphatic heterocycles. The van der Waals surface area contributed by atoms with E-state index in [1.807, 2.05) is 0 Å². The van der Waals surface area contributed by atoms with Crippen LogP contribution in [0.2, 0.25) is 0 Å². The van der Waals surface area contributed by atoms with Gasteiger partial charge < -0.3 is 5.32 Å². The number of hydrogen-bond acceptors (Lipinski definition) is 3. The lowest BCUT2D eigenvalue weighted by Crippen LogP contribution is -2.22. The van der Waals surface area contributed by atoms with Crippen molar-refractivity contribution in [1.29, 1.82) is 0 Å². The van der Waals surface area contributed by atoms with Gasteiger partial charge in [0.25, 0.3) is 0 Å². The van der Waals surface area contributed by atoms with Crippen LogP contribution in [-0.2, 0) is 5.75 Å². The van der Waals surface area contributed by atoms with Gasteiger partial charge in [0, 0.05) is 5.75 Å². The summed E-state index contributed by atoms with van der Waals surface area (Å²) in [6.07, 6.45) is 0. The minimum atomic E-state index is 0. The Morgan fingerprint density at radius 2 is 1.27 bits per heavy atom. The fourth-order valence-corrected chi connectivity index (χ4v) is 3.99. The van der Waals surface area contributed by atoms with Crippen molar-refractivity contribution in [1.82, 2.24) is 5.32 Å². The molecule has 0 bridgehead atoms. The molecule has 0 aliphatic carbocycles. The van der Waals surface area contributed by atoms with E-state index in [0.717, 1.165) is 10.9 Å². The summed E-state index contributed by atoms with van der Waals surface area (Å²) < 4.78 is 0. The molecule has 2 atom stereocenters. The van der Waals surface area contributed by atoms with E-state index in [4.69, 9.17) is 4.99 Å². The number of halogens is 1. The molecule has 0 saturated heterocycles. The lowest BCUT2D eigenvalue weighted by molar-refractivity contribution is 0.573. The second-order valence-corrected chi connectivity index (χ2v) is 7.06. The summed E-state index contributed by atoms with van der Waals surface area (Å²) in [5, 5.41) is 4.66. The molecule has 26 heavy (non-hydrogen) atoms. The normalized spacial score (nSPS) is 18.5. The van der Waals surface area contributed by atoms with Gasteiger partial charge in [0.05, 0.1) is 6.04 Å². The smallest absolute Gasteiger partial charge is 0.158 e. The van der Waals surface area contributed by atoms with Crippen LogP contribution in [0, 0.1) is 0 Å². The van der Waals surface area contributed by atoms with Crippen LogP contribution in [0.25, 0.3) is 0 Å². The second kappa shape index (κ2) is 8.93. The molecule has 3 aromatic rings. The highest BCUT2D eigenvalue weighted by atomic mass is 35.5. The Kier molecular flexibility index (Phi) is 6.37. The lowest BCUT2D eigenvalue weighted by Gasteiger charge is -2.19. The molecule has 2 nitrogen and oxygen atoms in total. The fourth-order valence-electron chi connectivity index (χ4n) is 3.10. The number of nitrogens with one attached hydrogen (secondary N) is 1. The summed E-state index contributed by atoms with van der Waals surface area (Å²) in [4.78, 5) is 5.00. The Morgan fingerprint density at radius 3 is 1.88 bits per heavy atom. The molecule has 0 saturated carbocycles. The molecule has 4 rings (SSSR count). The van der Waals surface area contributed by atoms with E-state index in [2.05, 4.69) is 96.3 Å². The van der Waals surface area contributed by atoms with E-state index in [9.17, 15) is 0 Å². The summed E-state index contributed by atoms with van der Waals surface area (Å²) in [6, 6.07) is 32.0. The molecule has 132 valence electrons. The van der Waals surface area contributed by atoms with E-state index >= 15 is 0 Å². The summed E-state index contributed by atoms with van der Waals surface area (Å²) in [5.41, 5.74) is 3.84. The van der Waals surface area contributed by atoms with Crippen LogP contribution in [0.15, 0.2) is 96.0 Å². The molecule has 1 N–H and O–H groups in total. The molecule has 0 fully saturated rings. The van der Waals surface area contributed by atoms with Gasteiger partial charge in [-0.05, 0) is 16.7 Å². The van der Waals surface area contributed by atoms with Crippen LogP contribution in [-0.4, -0.2) is 5.17 Å². The third-order valence-corrected chi connectivity index (χ3v) is 5.34. The average Bonchev–Trinajstić information content (AvgIpc) is 3.13. The van der Waals surface area contributed by atoms with E-state index in [-0.39, 0.29) is 24.5 Å². The maximum atomic E-state index is 5.00. The van der Waals surface area contributed by atoms with Gasteiger partial charge in [-0.3, -0.25) is 4.99 Å². The summed E-state index contributed by atoms with van der Waals surface area (Å²) in [6.45, 7) is 0. The number of aliphatic imine (C=N–C) groups is 1. The SMILES string of the molecule is Cl.c1ccc(CSC2=N[C@H](c3ccccc3)[C@H](c3ccccc3)N2)cc1. The number of hydrogen-bond donors (Lipinski definition) is 1. The molecule has 3 aromatic carbocycles. The van der Waals surface area contributed by atoms with Crippen molar-refractivity contribution in [2.24, 2.45) is 4.99 Å². The molecular formula is C22H21ClN2S. The Bertz CT molecular complexity index is 838. The molecule has 1 aliphatic rings. The summed E-state index contributed by atoms with van der Waals surface area (Å²) in [5.74, 6) is 0.926. The van der Waals surface area contributed by atoms with Crippen LogP contribution in [0.3, 0.4) is 0 Å². The molecule has 0 amide bonds. The lowest BCUT2D eigenvalue weighted by atomic mass is 9.95. The van der Waals surface area contributed by atoms with Gasteiger partial charge in [0.1, 0.15) is 6.04 Å². The first-order valence-corrected chi connectivity index (χ1v) is 9.50. The van der Waals surface area contributed by atoms with E-state index in [1.165, 1.54) is 16.7 Å². The minimum absolute atomic E-state index is 0. The summed E-state index contributed by atoms with van der Waals surface area (Å²) in [7, 11) is 0. The third kappa shape index (κ3) is 4.29. The number of thioether (sulfide) groups is 1. The maximum Gasteiger partial charge on any atom is 0.158 e. The molecular weight excluding hydrogens is 360 g/mol. The predicted octanol–water partition coefficient (Wildman–Crippen LogP) is 5.78. The van der Waals surface area contributed by atoms with E-state index in [0.29, 0.717) is 0 Å². The van der Waals surface area contributed by atoms with Gasteiger partial charge in [-0.2, -0.15) is 0 Å². The van der Waals surface area contributed by atoms with Crippen molar-refractivity contribution < 1.29 is 0 Å². The third-order valence-electron chi connectivity index (χ3n) is 4.37. The highest BCUT2D eigenvalue weighted by Crippen LogP contribution is 2.37. The fraction of sp³-hybridized carbons (Fsp3) is 0.136. The van der Waals surface area contributed by atoms with Gasteiger partial charge in [0.2, 0.25) is 0 Å². The van der Waals surface area contributed by atoms with E-state index in [1.54, 1.807) is 11.8 Å². The zero-order chi connectivity index (χ0) is 16.9. The number of benzene rings is 3. The highest BCUT2D eigenvalue weighted by molar-refractivity contribution is 8.13. The highest BCUT2D eigenvalue weighted by Gasteiger charge is 2.31.